The Labute approximate surface area is 243 Å². The number of para-hydroxylation sites is 1. The number of carbonyl (C=O) groups excluding carboxylic acids is 3. The average Bonchev–Trinajstić information content (AvgIpc) is 3.25. The van der Waals surface area contributed by atoms with Crippen LogP contribution in [-0.4, -0.2) is 43.3 Å². The second-order valence-corrected chi connectivity index (χ2v) is 11.1. The van der Waals surface area contributed by atoms with Crippen molar-refractivity contribution in [1.82, 2.24) is 4.90 Å². The first-order valence-electron chi connectivity index (χ1n) is 13.5. The van der Waals surface area contributed by atoms with E-state index in [1.54, 1.807) is 6.08 Å². The van der Waals surface area contributed by atoms with Crippen LogP contribution in [-0.2, 0) is 11.2 Å². The first-order valence-corrected chi connectivity index (χ1v) is 13.8. The van der Waals surface area contributed by atoms with Gasteiger partial charge in [0.25, 0.3) is 17.7 Å². The molecule has 1 heterocycles. The molecule has 212 valence electrons. The molecule has 3 aromatic carbocycles. The Hall–Kier alpha value is -4.17. The van der Waals surface area contributed by atoms with Gasteiger partial charge in [-0.15, -0.1) is 0 Å². The van der Waals surface area contributed by atoms with Crippen molar-refractivity contribution in [3.63, 3.8) is 0 Å². The zero-order chi connectivity index (χ0) is 29.1. The van der Waals surface area contributed by atoms with E-state index in [-0.39, 0.29) is 38.9 Å². The van der Waals surface area contributed by atoms with Gasteiger partial charge in [0.15, 0.2) is 0 Å². The molecule has 0 aromatic heterocycles. The summed E-state index contributed by atoms with van der Waals surface area (Å²) >= 11 is 6.04. The van der Waals surface area contributed by atoms with Crippen LogP contribution in [0.25, 0.3) is 0 Å². The van der Waals surface area contributed by atoms with Crippen molar-refractivity contribution in [2.24, 2.45) is 5.41 Å². The van der Waals surface area contributed by atoms with Crippen molar-refractivity contribution in [2.45, 2.75) is 32.1 Å². The molecule has 0 bridgehead atoms. The quantitative estimate of drug-likeness (QED) is 0.339. The second kappa shape index (κ2) is 11.7. The van der Waals surface area contributed by atoms with Crippen LogP contribution >= 0.6 is 11.6 Å². The van der Waals surface area contributed by atoms with Crippen LogP contribution in [0, 0.1) is 11.2 Å². The lowest BCUT2D eigenvalue weighted by molar-refractivity contribution is -0.122. The third kappa shape index (κ3) is 6.12. The van der Waals surface area contributed by atoms with Gasteiger partial charge in [-0.05, 0) is 85.5 Å². The van der Waals surface area contributed by atoms with Gasteiger partial charge in [-0.1, -0.05) is 35.4 Å². The monoisotopic (exact) mass is 575 g/mol. The Bertz CT molecular complexity index is 1560. The molecule has 1 aliphatic carbocycles. The number of imide groups is 1. The zero-order valence-electron chi connectivity index (χ0n) is 22.9. The number of benzene rings is 3. The predicted octanol–water partition coefficient (Wildman–Crippen LogP) is 6.49. The highest BCUT2D eigenvalue weighted by Crippen LogP contribution is 2.48. The molecule has 1 saturated carbocycles. The van der Waals surface area contributed by atoms with Gasteiger partial charge in [0.2, 0.25) is 0 Å². The fourth-order valence-electron chi connectivity index (χ4n) is 5.73. The smallest absolute Gasteiger partial charge is 0.260 e. The van der Waals surface area contributed by atoms with Crippen molar-refractivity contribution in [1.29, 1.82) is 0 Å². The Morgan fingerprint density at radius 3 is 2.68 bits per heavy atom. The van der Waals surface area contributed by atoms with Gasteiger partial charge < -0.3 is 15.4 Å². The standard InChI is InChI=1S/C32H31ClFN3O4/c1-37(29(38)15-20-11-12-32(18-20)13-14-35-26-6-4-3-5-22(26)19-32)31(40)21-7-10-27(28(16-21)41-2)36-30(39)24-17-23(34)8-9-25(24)33/h3-10,15-17,35H,11-14,18-19H2,1-2H3,(H,36,39)/t32-/m1/s1. The van der Waals surface area contributed by atoms with Crippen molar-refractivity contribution in [2.75, 3.05) is 31.3 Å². The van der Waals surface area contributed by atoms with Gasteiger partial charge in [0.1, 0.15) is 11.6 Å². The van der Waals surface area contributed by atoms with Gasteiger partial charge in [0.05, 0.1) is 23.4 Å². The molecule has 2 N–H and O–H groups in total. The number of allylic oxidation sites excluding steroid dienone is 1. The zero-order valence-corrected chi connectivity index (χ0v) is 23.7. The van der Waals surface area contributed by atoms with Crippen molar-refractivity contribution < 1.29 is 23.5 Å². The minimum absolute atomic E-state index is 0.0368. The summed E-state index contributed by atoms with van der Waals surface area (Å²) in [5.41, 5.74) is 4.09. The van der Waals surface area contributed by atoms with Crippen LogP contribution in [0.15, 0.2) is 72.3 Å². The number of hydrogen-bond donors (Lipinski definition) is 2. The molecule has 0 saturated heterocycles. The summed E-state index contributed by atoms with van der Waals surface area (Å²) in [4.78, 5) is 40.1. The molecule has 2 aliphatic rings. The Morgan fingerprint density at radius 1 is 1.07 bits per heavy atom. The topological polar surface area (TPSA) is 87.7 Å². The molecule has 1 aliphatic heterocycles. The predicted molar refractivity (Wildman–Crippen MR) is 157 cm³/mol. The van der Waals surface area contributed by atoms with Gasteiger partial charge >= 0.3 is 0 Å². The highest BCUT2D eigenvalue weighted by molar-refractivity contribution is 6.34. The largest absolute Gasteiger partial charge is 0.495 e. The first kappa shape index (κ1) is 28.4. The lowest BCUT2D eigenvalue weighted by Crippen LogP contribution is -2.32. The van der Waals surface area contributed by atoms with E-state index < -0.39 is 17.6 Å². The number of rotatable bonds is 5. The number of carbonyl (C=O) groups is 3. The number of ether oxygens (including phenoxy) is 1. The third-order valence-electron chi connectivity index (χ3n) is 7.96. The van der Waals surface area contributed by atoms with E-state index in [1.807, 2.05) is 6.07 Å². The summed E-state index contributed by atoms with van der Waals surface area (Å²) in [6.07, 6.45) is 6.25. The van der Waals surface area contributed by atoms with E-state index in [2.05, 4.69) is 28.8 Å². The van der Waals surface area contributed by atoms with E-state index in [0.717, 1.165) is 61.3 Å². The second-order valence-electron chi connectivity index (χ2n) is 10.7. The number of likely N-dealkylation sites (N-methyl/N-ethyl adjacent to an activating group) is 1. The number of nitrogens with one attached hydrogen (secondary N) is 2. The third-order valence-corrected chi connectivity index (χ3v) is 8.29. The van der Waals surface area contributed by atoms with Crippen LogP contribution in [0.3, 0.4) is 0 Å². The SMILES string of the molecule is COc1cc(C(=O)N(C)C(=O)C=C2CC[C@@]3(CCNc4ccccc4C3)C2)ccc1NC(=O)c1cc(F)ccc1Cl. The lowest BCUT2D eigenvalue weighted by atomic mass is 9.77. The highest BCUT2D eigenvalue weighted by atomic mass is 35.5. The number of fused-ring (bicyclic) bond motifs is 1. The minimum atomic E-state index is -0.631. The normalized spacial score (nSPS) is 18.8. The number of nitrogens with zero attached hydrogens (tertiary/aromatic N) is 1. The molecule has 9 heteroatoms. The number of methoxy groups -OCH3 is 1. The lowest BCUT2D eigenvalue weighted by Gasteiger charge is -2.26. The Morgan fingerprint density at radius 2 is 1.88 bits per heavy atom. The summed E-state index contributed by atoms with van der Waals surface area (Å²) in [5.74, 6) is -1.91. The molecule has 3 amide bonds. The number of amides is 3. The van der Waals surface area contributed by atoms with Crippen LogP contribution < -0.4 is 15.4 Å². The van der Waals surface area contributed by atoms with E-state index in [9.17, 15) is 18.8 Å². The minimum Gasteiger partial charge on any atom is -0.495 e. The summed E-state index contributed by atoms with van der Waals surface area (Å²) in [5, 5.41) is 6.25. The summed E-state index contributed by atoms with van der Waals surface area (Å²) in [6, 6.07) is 16.3. The van der Waals surface area contributed by atoms with Crippen molar-refractivity contribution in [3.05, 3.63) is 99.8 Å². The molecule has 5 rings (SSSR count). The molecule has 3 aromatic rings. The van der Waals surface area contributed by atoms with E-state index in [1.165, 1.54) is 49.7 Å². The Kier molecular flexibility index (Phi) is 8.13. The molecular weight excluding hydrogens is 545 g/mol. The van der Waals surface area contributed by atoms with Gasteiger partial charge in [0, 0.05) is 30.9 Å². The molecule has 1 spiro atoms. The summed E-state index contributed by atoms with van der Waals surface area (Å²) < 4.78 is 19.0. The van der Waals surface area contributed by atoms with Crippen molar-refractivity contribution in [3.8, 4) is 5.75 Å². The van der Waals surface area contributed by atoms with Crippen LogP contribution in [0.2, 0.25) is 5.02 Å². The summed E-state index contributed by atoms with van der Waals surface area (Å²) in [6.45, 7) is 0.893. The average molecular weight is 576 g/mol. The van der Waals surface area contributed by atoms with Crippen molar-refractivity contribution >= 4 is 40.7 Å². The fraction of sp³-hybridized carbons (Fsp3) is 0.281. The van der Waals surface area contributed by atoms with Crippen LogP contribution in [0.1, 0.15) is 52.0 Å². The van der Waals surface area contributed by atoms with Gasteiger partial charge in [-0.2, -0.15) is 0 Å². The van der Waals surface area contributed by atoms with E-state index in [0.29, 0.717) is 0 Å². The maximum absolute atomic E-state index is 13.6. The number of hydrogen-bond acceptors (Lipinski definition) is 5. The number of anilines is 2. The molecule has 41 heavy (non-hydrogen) atoms. The highest BCUT2D eigenvalue weighted by Gasteiger charge is 2.38. The molecule has 7 nitrogen and oxygen atoms in total. The maximum atomic E-state index is 13.6. The summed E-state index contributed by atoms with van der Waals surface area (Å²) in [7, 11) is 2.84. The molecular formula is C32H31ClFN3O4. The fourth-order valence-corrected chi connectivity index (χ4v) is 5.93. The van der Waals surface area contributed by atoms with Crippen LogP contribution in [0.4, 0.5) is 15.8 Å². The van der Waals surface area contributed by atoms with E-state index in [4.69, 9.17) is 16.3 Å². The van der Waals surface area contributed by atoms with Gasteiger partial charge in [-0.25, -0.2) is 4.39 Å². The molecule has 0 unspecified atom stereocenters. The number of halogens is 2. The van der Waals surface area contributed by atoms with Crippen LogP contribution in [0.5, 0.6) is 5.75 Å². The Balaban J connectivity index is 1.27. The van der Waals surface area contributed by atoms with Gasteiger partial charge in [-0.3, -0.25) is 19.3 Å². The molecule has 1 fully saturated rings. The first-order chi connectivity index (χ1) is 19.7. The maximum Gasteiger partial charge on any atom is 0.260 e. The molecule has 0 radical (unpaired) electrons. The van der Waals surface area contributed by atoms with E-state index >= 15 is 0 Å². The molecule has 1 atom stereocenters.